The van der Waals surface area contributed by atoms with Crippen molar-refractivity contribution in [3.63, 3.8) is 0 Å². The quantitative estimate of drug-likeness (QED) is 0.166. The van der Waals surface area contributed by atoms with E-state index < -0.39 is 0 Å². The van der Waals surface area contributed by atoms with E-state index in [-0.39, 0.29) is 0 Å². The van der Waals surface area contributed by atoms with E-state index in [2.05, 4.69) is 216 Å². The van der Waals surface area contributed by atoms with Crippen molar-refractivity contribution in [1.29, 1.82) is 0 Å². The van der Waals surface area contributed by atoms with E-state index >= 15 is 0 Å². The fourth-order valence-corrected chi connectivity index (χ4v) is 9.55. The van der Waals surface area contributed by atoms with Crippen LogP contribution in [0, 0.1) is 0 Å². The van der Waals surface area contributed by atoms with Crippen LogP contribution in [0.2, 0.25) is 0 Å². The third kappa shape index (κ3) is 5.32. The molecule has 3 heteroatoms. The average molecular weight is 719 g/mol. The van der Waals surface area contributed by atoms with Gasteiger partial charge in [-0.3, -0.25) is 0 Å². The monoisotopic (exact) mass is 718 g/mol. The Hall–Kier alpha value is -6.94. The third-order valence-corrected chi connectivity index (χ3v) is 12.2. The minimum atomic E-state index is 1.11. The number of nitrogens with zero attached hydrogens (tertiary/aromatic N) is 2. The lowest BCUT2D eigenvalue weighted by molar-refractivity contribution is 1.18. The molecule has 0 radical (unpaired) electrons. The van der Waals surface area contributed by atoms with Gasteiger partial charge in [-0.25, -0.2) is 0 Å². The van der Waals surface area contributed by atoms with E-state index in [0.29, 0.717) is 0 Å². The lowest BCUT2D eigenvalue weighted by Gasteiger charge is -2.26. The van der Waals surface area contributed by atoms with Crippen LogP contribution in [0.1, 0.15) is 0 Å². The number of aromatic nitrogens is 1. The Kier molecular flexibility index (Phi) is 7.39. The highest BCUT2D eigenvalue weighted by Gasteiger charge is 2.17. The lowest BCUT2D eigenvalue weighted by Crippen LogP contribution is -2.09. The molecule has 2 heterocycles. The van der Waals surface area contributed by atoms with E-state index in [0.717, 1.165) is 17.1 Å². The zero-order chi connectivity index (χ0) is 36.3. The van der Waals surface area contributed by atoms with Gasteiger partial charge >= 0.3 is 0 Å². The molecule has 0 bridgehead atoms. The number of fused-ring (bicyclic) bond motifs is 8. The fourth-order valence-electron chi connectivity index (χ4n) is 8.32. The SMILES string of the molecule is c1ccc(-c2ccc(N(c3ccc(-c4ccc5c(c4)c4ccccc4n5-c4ccccc4)cc3)c3ccc4ccc5c6ccccc6sc5c4c3)cc2)cc1. The molecule has 2 nitrogen and oxygen atoms in total. The predicted molar refractivity (Wildman–Crippen MR) is 237 cm³/mol. The summed E-state index contributed by atoms with van der Waals surface area (Å²) in [6, 6.07) is 75.1. The Morgan fingerprint density at radius 2 is 0.909 bits per heavy atom. The topological polar surface area (TPSA) is 8.17 Å². The first-order valence-electron chi connectivity index (χ1n) is 18.8. The van der Waals surface area contributed by atoms with Crippen molar-refractivity contribution in [3.8, 4) is 27.9 Å². The second kappa shape index (κ2) is 12.9. The van der Waals surface area contributed by atoms with Crippen molar-refractivity contribution in [2.45, 2.75) is 0 Å². The summed E-state index contributed by atoms with van der Waals surface area (Å²) in [7, 11) is 0. The molecular weight excluding hydrogens is 685 g/mol. The molecule has 9 aromatic carbocycles. The highest BCUT2D eigenvalue weighted by Crippen LogP contribution is 2.43. The Labute approximate surface area is 323 Å². The van der Waals surface area contributed by atoms with Crippen molar-refractivity contribution >= 4 is 81.1 Å². The average Bonchev–Trinajstić information content (AvgIpc) is 3.81. The van der Waals surface area contributed by atoms with Gasteiger partial charge in [0.1, 0.15) is 0 Å². The van der Waals surface area contributed by atoms with Crippen LogP contribution >= 0.6 is 11.3 Å². The molecule has 258 valence electrons. The van der Waals surface area contributed by atoms with Crippen molar-refractivity contribution in [1.82, 2.24) is 4.57 Å². The van der Waals surface area contributed by atoms with E-state index in [4.69, 9.17) is 0 Å². The molecule has 55 heavy (non-hydrogen) atoms. The molecule has 0 atom stereocenters. The molecule has 0 unspecified atom stereocenters. The Bertz CT molecular complexity index is 3180. The van der Waals surface area contributed by atoms with Gasteiger partial charge in [0.15, 0.2) is 0 Å². The van der Waals surface area contributed by atoms with Crippen molar-refractivity contribution in [2.24, 2.45) is 0 Å². The molecule has 0 amide bonds. The number of para-hydroxylation sites is 2. The van der Waals surface area contributed by atoms with Crippen LogP contribution in [0.3, 0.4) is 0 Å². The first-order valence-corrected chi connectivity index (χ1v) is 19.6. The van der Waals surface area contributed by atoms with Crippen LogP contribution in [0.5, 0.6) is 0 Å². The minimum Gasteiger partial charge on any atom is -0.310 e. The van der Waals surface area contributed by atoms with Gasteiger partial charge in [-0.05, 0) is 100 Å². The van der Waals surface area contributed by atoms with Gasteiger partial charge in [0.05, 0.1) is 11.0 Å². The zero-order valence-electron chi connectivity index (χ0n) is 29.9. The number of rotatable bonds is 6. The molecule has 0 fully saturated rings. The predicted octanol–water partition coefficient (Wildman–Crippen LogP) is 15.1. The Balaban J connectivity index is 1.03. The molecule has 0 spiro atoms. The van der Waals surface area contributed by atoms with E-state index in [9.17, 15) is 0 Å². The summed E-state index contributed by atoms with van der Waals surface area (Å²) in [5.74, 6) is 0. The Morgan fingerprint density at radius 3 is 1.67 bits per heavy atom. The van der Waals surface area contributed by atoms with Gasteiger partial charge in [-0.15, -0.1) is 11.3 Å². The zero-order valence-corrected chi connectivity index (χ0v) is 30.7. The first-order chi connectivity index (χ1) is 27.3. The highest BCUT2D eigenvalue weighted by molar-refractivity contribution is 7.26. The van der Waals surface area contributed by atoms with Crippen LogP contribution in [-0.4, -0.2) is 4.57 Å². The number of hydrogen-bond donors (Lipinski definition) is 0. The molecule has 0 aliphatic rings. The minimum absolute atomic E-state index is 1.11. The van der Waals surface area contributed by atoms with Gasteiger partial charge in [-0.1, -0.05) is 133 Å². The molecule has 2 aromatic heterocycles. The summed E-state index contributed by atoms with van der Waals surface area (Å²) >= 11 is 1.88. The van der Waals surface area contributed by atoms with Crippen LogP contribution in [0.4, 0.5) is 17.1 Å². The number of thiophene rings is 1. The van der Waals surface area contributed by atoms with E-state index in [1.807, 2.05) is 11.3 Å². The number of hydrogen-bond acceptors (Lipinski definition) is 2. The maximum Gasteiger partial charge on any atom is 0.0541 e. The van der Waals surface area contributed by atoms with Crippen molar-refractivity contribution in [2.75, 3.05) is 4.90 Å². The summed E-state index contributed by atoms with van der Waals surface area (Å²) in [5.41, 5.74) is 11.8. The normalized spacial score (nSPS) is 11.6. The molecule has 11 aromatic rings. The summed E-state index contributed by atoms with van der Waals surface area (Å²) in [6.45, 7) is 0. The lowest BCUT2D eigenvalue weighted by atomic mass is 10.0. The summed E-state index contributed by atoms with van der Waals surface area (Å²) < 4.78 is 5.02. The summed E-state index contributed by atoms with van der Waals surface area (Å²) in [4.78, 5) is 2.39. The number of benzene rings is 9. The summed E-state index contributed by atoms with van der Waals surface area (Å²) in [6.07, 6.45) is 0. The second-order valence-corrected chi connectivity index (χ2v) is 15.2. The van der Waals surface area contributed by atoms with Crippen LogP contribution in [0.15, 0.2) is 206 Å². The highest BCUT2D eigenvalue weighted by atomic mass is 32.1. The Morgan fingerprint density at radius 1 is 0.345 bits per heavy atom. The molecule has 11 rings (SSSR count). The van der Waals surface area contributed by atoms with E-state index in [1.165, 1.54) is 80.7 Å². The van der Waals surface area contributed by atoms with Crippen molar-refractivity contribution < 1.29 is 0 Å². The largest absolute Gasteiger partial charge is 0.310 e. The molecule has 0 aliphatic carbocycles. The van der Waals surface area contributed by atoms with Gasteiger partial charge in [0.25, 0.3) is 0 Å². The smallest absolute Gasteiger partial charge is 0.0541 e. The maximum atomic E-state index is 2.39. The van der Waals surface area contributed by atoms with Gasteiger partial charge in [-0.2, -0.15) is 0 Å². The maximum absolute atomic E-state index is 2.39. The standard InChI is InChI=1S/C52H34N2S/c1-3-11-35(12-4-1)36-19-26-41(27-20-36)53(43-30-23-38-24-31-46-45-16-8-10-18-51(45)55-52(46)47(38)34-43)42-28-21-37(22-29-42)39-25-32-50-48(33-39)44-15-7-9-17-49(44)54(50)40-13-5-2-6-14-40/h1-34H. The second-order valence-electron chi connectivity index (χ2n) is 14.2. The first kappa shape index (κ1) is 31.6. The van der Waals surface area contributed by atoms with Gasteiger partial charge < -0.3 is 9.47 Å². The van der Waals surface area contributed by atoms with E-state index in [1.54, 1.807) is 0 Å². The summed E-state index contributed by atoms with van der Waals surface area (Å²) in [5, 5.41) is 7.68. The van der Waals surface area contributed by atoms with Crippen LogP contribution in [-0.2, 0) is 0 Å². The van der Waals surface area contributed by atoms with Gasteiger partial charge in [0, 0.05) is 59.1 Å². The van der Waals surface area contributed by atoms with Gasteiger partial charge in [0.2, 0.25) is 0 Å². The molecule has 0 saturated heterocycles. The van der Waals surface area contributed by atoms with Crippen molar-refractivity contribution in [3.05, 3.63) is 206 Å². The molecule has 0 aliphatic heterocycles. The van der Waals surface area contributed by atoms with Crippen LogP contribution < -0.4 is 4.90 Å². The molecular formula is C52H34N2S. The third-order valence-electron chi connectivity index (χ3n) is 11.0. The molecule has 0 N–H and O–H groups in total. The fraction of sp³-hybridized carbons (Fsp3) is 0. The number of anilines is 3. The molecule has 0 saturated carbocycles. The van der Waals surface area contributed by atoms with Crippen LogP contribution in [0.25, 0.3) is 80.7 Å².